The highest BCUT2D eigenvalue weighted by Crippen LogP contribution is 2.28. The van der Waals surface area contributed by atoms with Gasteiger partial charge in [-0.25, -0.2) is 0 Å². The fraction of sp³-hybridized carbons (Fsp3) is 0.167. The zero-order valence-electron chi connectivity index (χ0n) is 12.1. The van der Waals surface area contributed by atoms with Gasteiger partial charge in [0.15, 0.2) is 16.8 Å². The van der Waals surface area contributed by atoms with E-state index < -0.39 is 0 Å². The molecule has 1 heterocycles. The van der Waals surface area contributed by atoms with Gasteiger partial charge in [-0.05, 0) is 26.0 Å². The van der Waals surface area contributed by atoms with E-state index in [0.717, 1.165) is 11.1 Å². The fourth-order valence-corrected chi connectivity index (χ4v) is 2.28. The van der Waals surface area contributed by atoms with Gasteiger partial charge in [-0.15, -0.1) is 0 Å². The Morgan fingerprint density at radius 1 is 1.10 bits per heavy atom. The van der Waals surface area contributed by atoms with Gasteiger partial charge in [-0.2, -0.15) is 0 Å². The summed E-state index contributed by atoms with van der Waals surface area (Å²) in [4.78, 5) is 12.3. The van der Waals surface area contributed by atoms with Crippen LogP contribution in [0.5, 0.6) is 5.75 Å². The van der Waals surface area contributed by atoms with Gasteiger partial charge < -0.3 is 9.15 Å². The fourth-order valence-electron chi connectivity index (χ4n) is 2.28. The Morgan fingerprint density at radius 2 is 1.86 bits per heavy atom. The number of rotatable bonds is 3. The molecular weight excluding hydrogens is 264 g/mol. The van der Waals surface area contributed by atoms with Crippen LogP contribution in [-0.2, 0) is 0 Å². The molecule has 21 heavy (non-hydrogen) atoms. The molecule has 3 rings (SSSR count). The first-order valence-corrected chi connectivity index (χ1v) is 6.96. The van der Waals surface area contributed by atoms with Crippen LogP contribution >= 0.6 is 0 Å². The Morgan fingerprint density at radius 3 is 2.57 bits per heavy atom. The van der Waals surface area contributed by atoms with Crippen LogP contribution in [0.3, 0.4) is 0 Å². The van der Waals surface area contributed by atoms with Crippen molar-refractivity contribution in [3.05, 3.63) is 64.3 Å². The van der Waals surface area contributed by atoms with Crippen LogP contribution in [0, 0.1) is 6.92 Å². The van der Waals surface area contributed by atoms with E-state index in [0.29, 0.717) is 29.1 Å². The van der Waals surface area contributed by atoms with Crippen LogP contribution in [0.4, 0.5) is 0 Å². The molecule has 3 heteroatoms. The Hall–Kier alpha value is -2.55. The lowest BCUT2D eigenvalue weighted by atomic mass is 10.1. The molecule has 0 bridgehead atoms. The maximum atomic E-state index is 12.3. The number of hydrogen-bond donors (Lipinski definition) is 0. The molecular formula is C18H16O3. The molecule has 2 aromatic carbocycles. The molecule has 3 nitrogen and oxygen atoms in total. The highest BCUT2D eigenvalue weighted by molar-refractivity contribution is 5.84. The third kappa shape index (κ3) is 2.55. The summed E-state index contributed by atoms with van der Waals surface area (Å²) in [5, 5.41) is 0.539. The third-order valence-electron chi connectivity index (χ3n) is 3.35. The van der Waals surface area contributed by atoms with Crippen LogP contribution in [0.1, 0.15) is 12.5 Å². The number of hydrogen-bond acceptors (Lipinski definition) is 3. The van der Waals surface area contributed by atoms with Crippen LogP contribution in [0.25, 0.3) is 22.3 Å². The zero-order chi connectivity index (χ0) is 14.8. The van der Waals surface area contributed by atoms with Crippen molar-refractivity contribution in [3.63, 3.8) is 0 Å². The topological polar surface area (TPSA) is 39.4 Å². The largest absolute Gasteiger partial charge is 0.490 e. The summed E-state index contributed by atoms with van der Waals surface area (Å²) in [7, 11) is 0. The SMILES string of the molecule is CCOc1cccc2c(=O)cc(-c3ccc(C)cc3)oc12. The predicted octanol–water partition coefficient (Wildman–Crippen LogP) is 4.17. The first-order valence-electron chi connectivity index (χ1n) is 6.96. The average Bonchev–Trinajstić information content (AvgIpc) is 2.49. The van der Waals surface area contributed by atoms with Crippen LogP contribution in [0.2, 0.25) is 0 Å². The maximum Gasteiger partial charge on any atom is 0.193 e. The van der Waals surface area contributed by atoms with Gasteiger partial charge in [-0.3, -0.25) is 4.79 Å². The van der Waals surface area contributed by atoms with E-state index in [-0.39, 0.29) is 5.43 Å². The minimum Gasteiger partial charge on any atom is -0.490 e. The van der Waals surface area contributed by atoms with E-state index in [4.69, 9.17) is 9.15 Å². The molecule has 0 aliphatic carbocycles. The zero-order valence-corrected chi connectivity index (χ0v) is 12.1. The van der Waals surface area contributed by atoms with E-state index in [1.54, 1.807) is 12.1 Å². The van der Waals surface area contributed by atoms with Crippen molar-refractivity contribution >= 4 is 11.0 Å². The van der Waals surface area contributed by atoms with Gasteiger partial charge in [-0.1, -0.05) is 35.9 Å². The maximum absolute atomic E-state index is 12.3. The quantitative estimate of drug-likeness (QED) is 0.723. The highest BCUT2D eigenvalue weighted by atomic mass is 16.5. The summed E-state index contributed by atoms with van der Waals surface area (Å²) in [6.07, 6.45) is 0. The van der Waals surface area contributed by atoms with Gasteiger partial charge in [0.1, 0.15) is 5.76 Å². The molecule has 0 atom stereocenters. The molecule has 1 aromatic heterocycles. The molecule has 0 saturated heterocycles. The van der Waals surface area contributed by atoms with E-state index in [1.807, 2.05) is 44.2 Å². The predicted molar refractivity (Wildman–Crippen MR) is 83.8 cm³/mol. The lowest BCUT2D eigenvalue weighted by Gasteiger charge is -2.08. The second-order valence-corrected chi connectivity index (χ2v) is 4.91. The Bertz CT molecular complexity index is 829. The molecule has 0 unspecified atom stereocenters. The Balaban J connectivity index is 2.23. The summed E-state index contributed by atoms with van der Waals surface area (Å²) < 4.78 is 11.5. The molecule has 0 amide bonds. The van der Waals surface area contributed by atoms with Crippen LogP contribution in [0.15, 0.2) is 57.7 Å². The summed E-state index contributed by atoms with van der Waals surface area (Å²) in [6, 6.07) is 14.8. The van der Waals surface area contributed by atoms with Crippen molar-refractivity contribution in [1.82, 2.24) is 0 Å². The van der Waals surface area contributed by atoms with E-state index in [9.17, 15) is 4.79 Å². The Kier molecular flexibility index (Phi) is 3.48. The van der Waals surface area contributed by atoms with Crippen molar-refractivity contribution in [2.24, 2.45) is 0 Å². The second-order valence-electron chi connectivity index (χ2n) is 4.91. The van der Waals surface area contributed by atoms with Gasteiger partial charge in [0.25, 0.3) is 0 Å². The van der Waals surface area contributed by atoms with Crippen molar-refractivity contribution in [1.29, 1.82) is 0 Å². The molecule has 106 valence electrons. The number of para-hydroxylation sites is 1. The first kappa shape index (κ1) is 13.4. The number of benzene rings is 2. The van der Waals surface area contributed by atoms with Crippen molar-refractivity contribution in [2.45, 2.75) is 13.8 Å². The lowest BCUT2D eigenvalue weighted by molar-refractivity contribution is 0.338. The minimum absolute atomic E-state index is 0.0617. The summed E-state index contributed by atoms with van der Waals surface area (Å²) in [6.45, 7) is 4.45. The summed E-state index contributed by atoms with van der Waals surface area (Å²) in [5.74, 6) is 1.15. The Labute approximate surface area is 122 Å². The van der Waals surface area contributed by atoms with E-state index in [1.165, 1.54) is 6.07 Å². The highest BCUT2D eigenvalue weighted by Gasteiger charge is 2.10. The minimum atomic E-state index is -0.0617. The summed E-state index contributed by atoms with van der Waals surface area (Å²) >= 11 is 0. The number of fused-ring (bicyclic) bond motifs is 1. The van der Waals surface area contributed by atoms with Gasteiger partial charge in [0, 0.05) is 11.6 Å². The van der Waals surface area contributed by atoms with Crippen LogP contribution < -0.4 is 10.2 Å². The second kappa shape index (κ2) is 5.44. The van der Waals surface area contributed by atoms with Gasteiger partial charge >= 0.3 is 0 Å². The molecule has 0 spiro atoms. The molecule has 0 fully saturated rings. The standard InChI is InChI=1S/C18H16O3/c1-3-20-16-6-4-5-14-15(19)11-17(21-18(14)16)13-9-7-12(2)8-10-13/h4-11H,3H2,1-2H3. The van der Waals surface area contributed by atoms with Crippen molar-refractivity contribution in [2.75, 3.05) is 6.61 Å². The van der Waals surface area contributed by atoms with E-state index >= 15 is 0 Å². The molecule has 0 radical (unpaired) electrons. The van der Waals surface area contributed by atoms with Gasteiger partial charge in [0.05, 0.1) is 12.0 Å². The summed E-state index contributed by atoms with van der Waals surface area (Å²) in [5.41, 5.74) is 2.48. The smallest absolute Gasteiger partial charge is 0.193 e. The van der Waals surface area contributed by atoms with E-state index in [2.05, 4.69) is 0 Å². The molecule has 3 aromatic rings. The number of ether oxygens (including phenoxy) is 1. The normalized spacial score (nSPS) is 10.8. The third-order valence-corrected chi connectivity index (χ3v) is 3.35. The average molecular weight is 280 g/mol. The lowest BCUT2D eigenvalue weighted by Crippen LogP contribution is -2.02. The molecule has 0 saturated carbocycles. The monoisotopic (exact) mass is 280 g/mol. The number of aryl methyl sites for hydroxylation is 1. The molecule has 0 N–H and O–H groups in total. The first-order chi connectivity index (χ1) is 10.2. The van der Waals surface area contributed by atoms with Gasteiger partial charge in [0.2, 0.25) is 0 Å². The molecule has 0 aliphatic heterocycles. The van der Waals surface area contributed by atoms with Crippen molar-refractivity contribution in [3.8, 4) is 17.1 Å². The molecule has 0 aliphatic rings. The van der Waals surface area contributed by atoms with Crippen LogP contribution in [-0.4, -0.2) is 6.61 Å². The van der Waals surface area contributed by atoms with Crippen molar-refractivity contribution < 1.29 is 9.15 Å².